The van der Waals surface area contributed by atoms with E-state index in [0.29, 0.717) is 40.6 Å². The van der Waals surface area contributed by atoms with E-state index < -0.39 is 22.0 Å². The summed E-state index contributed by atoms with van der Waals surface area (Å²) in [4.78, 5) is 17.9. The molecule has 0 saturated carbocycles. The predicted molar refractivity (Wildman–Crippen MR) is 139 cm³/mol. The fraction of sp³-hybridized carbons (Fsp3) is 0.296. The van der Waals surface area contributed by atoms with Gasteiger partial charge in [0.25, 0.3) is 15.9 Å². The lowest BCUT2D eigenvalue weighted by atomic mass is 10.0. The first-order chi connectivity index (χ1) is 18.2. The molecule has 1 aromatic heterocycles. The summed E-state index contributed by atoms with van der Waals surface area (Å²) in [5.74, 6) is 0.550. The van der Waals surface area contributed by atoms with E-state index in [2.05, 4.69) is 14.9 Å². The molecule has 1 unspecified atom stereocenters. The topological polar surface area (TPSA) is 136 Å². The molecule has 2 aromatic carbocycles. The summed E-state index contributed by atoms with van der Waals surface area (Å²) in [6, 6.07) is 14.4. The van der Waals surface area contributed by atoms with Crippen molar-refractivity contribution in [3.63, 3.8) is 0 Å². The van der Waals surface area contributed by atoms with Gasteiger partial charge in [0.2, 0.25) is 12.9 Å². The molecular weight excluding hydrogens is 510 g/mol. The maximum atomic E-state index is 13.5. The van der Waals surface area contributed by atoms with Crippen molar-refractivity contribution in [2.45, 2.75) is 50.5 Å². The van der Waals surface area contributed by atoms with Crippen molar-refractivity contribution in [1.82, 2.24) is 9.71 Å². The highest BCUT2D eigenvalue weighted by Crippen LogP contribution is 2.36. The van der Waals surface area contributed by atoms with Crippen molar-refractivity contribution < 1.29 is 32.6 Å². The first-order valence-corrected chi connectivity index (χ1v) is 13.6. The second kappa shape index (κ2) is 11.5. The van der Waals surface area contributed by atoms with Crippen LogP contribution in [0, 0.1) is 0 Å². The molecule has 1 aliphatic heterocycles. The number of aryl methyl sites for hydroxylation is 1. The van der Waals surface area contributed by atoms with E-state index in [0.717, 1.165) is 12.0 Å². The average molecular weight is 540 g/mol. The zero-order chi connectivity index (χ0) is 27.3. The van der Waals surface area contributed by atoms with Gasteiger partial charge in [-0.25, -0.2) is 18.1 Å². The van der Waals surface area contributed by atoms with Crippen LogP contribution >= 0.6 is 0 Å². The van der Waals surface area contributed by atoms with Gasteiger partial charge >= 0.3 is 0 Å². The van der Waals surface area contributed by atoms with Crippen molar-refractivity contribution >= 4 is 22.1 Å². The van der Waals surface area contributed by atoms with Crippen molar-refractivity contribution in [3.05, 3.63) is 77.1 Å². The van der Waals surface area contributed by atoms with Gasteiger partial charge in [0, 0.05) is 5.56 Å². The Labute approximate surface area is 221 Å². The van der Waals surface area contributed by atoms with Crippen LogP contribution in [0.5, 0.6) is 17.2 Å². The molecule has 200 valence electrons. The van der Waals surface area contributed by atoms with Crippen molar-refractivity contribution in [1.29, 1.82) is 0 Å². The third kappa shape index (κ3) is 6.05. The molecule has 0 radical (unpaired) electrons. The molecule has 1 amide bonds. The second-order valence-corrected chi connectivity index (χ2v) is 10.7. The van der Waals surface area contributed by atoms with Crippen LogP contribution in [-0.2, 0) is 21.2 Å². The van der Waals surface area contributed by atoms with Crippen LogP contribution in [0.1, 0.15) is 61.7 Å². The molecule has 3 aromatic rings. The number of nitrogens with one attached hydrogen (secondary N) is 1. The number of sulfonamides is 1. The number of amides is 1. The summed E-state index contributed by atoms with van der Waals surface area (Å²) >= 11 is 0. The van der Waals surface area contributed by atoms with Crippen LogP contribution in [0.25, 0.3) is 0 Å². The van der Waals surface area contributed by atoms with Gasteiger partial charge in [0.15, 0.2) is 11.5 Å². The number of carbonyl (C=O) groups excluding carboxylic acids is 1. The number of hydrogen-bond acceptors (Lipinski definition) is 9. The number of pyridine rings is 1. The highest BCUT2D eigenvalue weighted by atomic mass is 32.2. The quantitative estimate of drug-likeness (QED) is 0.221. The van der Waals surface area contributed by atoms with E-state index >= 15 is 0 Å². The number of oxime groups is 1. The molecule has 0 aliphatic carbocycles. The molecule has 0 bridgehead atoms. The van der Waals surface area contributed by atoms with Gasteiger partial charge in [0.05, 0.1) is 22.5 Å². The van der Waals surface area contributed by atoms with E-state index in [4.69, 9.17) is 19.4 Å². The summed E-state index contributed by atoms with van der Waals surface area (Å²) in [5.41, 5.74) is 2.26. The van der Waals surface area contributed by atoms with Crippen LogP contribution in [0.4, 0.5) is 0 Å². The zero-order valence-electron chi connectivity index (χ0n) is 21.2. The molecule has 0 saturated heterocycles. The minimum Gasteiger partial charge on any atom is -0.474 e. The van der Waals surface area contributed by atoms with Gasteiger partial charge in [0.1, 0.15) is 5.75 Å². The van der Waals surface area contributed by atoms with Gasteiger partial charge in [-0.05, 0) is 54.3 Å². The second-order valence-electron chi connectivity index (χ2n) is 8.98. The fourth-order valence-electron chi connectivity index (χ4n) is 3.91. The van der Waals surface area contributed by atoms with Gasteiger partial charge in [-0.15, -0.1) is 0 Å². The summed E-state index contributed by atoms with van der Waals surface area (Å²) in [5, 5.41) is 11.9. The minimum absolute atomic E-state index is 0.0374. The number of benzene rings is 2. The molecule has 2 heterocycles. The molecule has 1 atom stereocenters. The Bertz CT molecular complexity index is 1440. The third-order valence-electron chi connectivity index (χ3n) is 5.91. The lowest BCUT2D eigenvalue weighted by Crippen LogP contribution is -2.37. The van der Waals surface area contributed by atoms with E-state index in [1.165, 1.54) is 18.3 Å². The molecular formula is C27H29N3O7S. The Balaban J connectivity index is 1.68. The molecule has 10 nitrogen and oxygen atoms in total. The standard InChI is InChI=1S/C27H29N3O7S/c1-4-5-22-23(13-9-20(29-22)15-28-32)37-26(19-8-12-24-25(14-19)36-16-35-24)27(31)30-38(33,34)21-10-6-18(7-11-21)17(2)3/h6-15,17,26,32H,4-5,16H2,1-3H3,(H,30,31). The largest absolute Gasteiger partial charge is 0.474 e. The van der Waals surface area contributed by atoms with Crippen molar-refractivity contribution in [2.24, 2.45) is 5.16 Å². The molecule has 0 fully saturated rings. The summed E-state index contributed by atoms with van der Waals surface area (Å²) in [6.07, 6.45) is 1.06. The molecule has 1 aliphatic rings. The van der Waals surface area contributed by atoms with E-state index in [-0.39, 0.29) is 17.6 Å². The monoisotopic (exact) mass is 539 g/mol. The molecule has 38 heavy (non-hydrogen) atoms. The van der Waals surface area contributed by atoms with Crippen molar-refractivity contribution in [2.75, 3.05) is 6.79 Å². The highest BCUT2D eigenvalue weighted by Gasteiger charge is 2.30. The Morgan fingerprint density at radius 3 is 2.50 bits per heavy atom. The molecule has 11 heteroatoms. The van der Waals surface area contributed by atoms with Gasteiger partial charge in [-0.3, -0.25) is 4.79 Å². The maximum absolute atomic E-state index is 13.5. The van der Waals surface area contributed by atoms with Crippen LogP contribution in [0.3, 0.4) is 0 Å². The van der Waals surface area contributed by atoms with Crippen LogP contribution in [0.15, 0.2) is 64.6 Å². The Morgan fingerprint density at radius 1 is 1.11 bits per heavy atom. The maximum Gasteiger partial charge on any atom is 0.279 e. The number of fused-ring (bicyclic) bond motifs is 1. The summed E-state index contributed by atoms with van der Waals surface area (Å²) in [6.45, 7) is 6.00. The first kappa shape index (κ1) is 26.9. The van der Waals surface area contributed by atoms with Gasteiger partial charge in [-0.1, -0.05) is 50.5 Å². The molecule has 4 rings (SSSR count). The first-order valence-electron chi connectivity index (χ1n) is 12.1. The lowest BCUT2D eigenvalue weighted by molar-refractivity contribution is -0.126. The fourth-order valence-corrected chi connectivity index (χ4v) is 4.90. The number of nitrogens with zero attached hydrogens (tertiary/aromatic N) is 2. The number of carbonyl (C=O) groups is 1. The van der Waals surface area contributed by atoms with Gasteiger partial charge < -0.3 is 19.4 Å². The number of aromatic nitrogens is 1. The predicted octanol–water partition coefficient (Wildman–Crippen LogP) is 4.32. The van der Waals surface area contributed by atoms with E-state index in [1.807, 2.05) is 20.8 Å². The third-order valence-corrected chi connectivity index (χ3v) is 7.27. The van der Waals surface area contributed by atoms with Crippen molar-refractivity contribution in [3.8, 4) is 17.2 Å². The van der Waals surface area contributed by atoms with Crippen LogP contribution in [-0.4, -0.2) is 37.5 Å². The zero-order valence-corrected chi connectivity index (χ0v) is 22.1. The Morgan fingerprint density at radius 2 is 1.82 bits per heavy atom. The van der Waals surface area contributed by atoms with Crippen LogP contribution < -0.4 is 18.9 Å². The molecule has 2 N–H and O–H groups in total. The normalized spacial score (nSPS) is 13.6. The SMILES string of the molecule is CCCc1nc(C=NO)ccc1OC(C(=O)NS(=O)(=O)c1ccc(C(C)C)cc1)c1ccc2c(c1)OCO2. The van der Waals surface area contributed by atoms with Gasteiger partial charge in [-0.2, -0.15) is 0 Å². The number of hydrogen-bond donors (Lipinski definition) is 2. The lowest BCUT2D eigenvalue weighted by Gasteiger charge is -2.21. The molecule has 0 spiro atoms. The summed E-state index contributed by atoms with van der Waals surface area (Å²) in [7, 11) is -4.19. The van der Waals surface area contributed by atoms with E-state index in [1.54, 1.807) is 42.5 Å². The average Bonchev–Trinajstić information content (AvgIpc) is 3.36. The minimum atomic E-state index is -4.19. The highest BCUT2D eigenvalue weighted by molar-refractivity contribution is 7.90. The Kier molecular flexibility index (Phi) is 8.16. The van der Waals surface area contributed by atoms with E-state index in [9.17, 15) is 13.2 Å². The number of ether oxygens (including phenoxy) is 3. The number of rotatable bonds is 10. The Hall–Kier alpha value is -4.12. The summed E-state index contributed by atoms with van der Waals surface area (Å²) < 4.78 is 45.3. The van der Waals surface area contributed by atoms with Crippen LogP contribution in [0.2, 0.25) is 0 Å². The smallest absolute Gasteiger partial charge is 0.279 e.